The Morgan fingerprint density at radius 1 is 1.09 bits per heavy atom. The van der Waals surface area contributed by atoms with E-state index in [1.807, 2.05) is 36.4 Å². The lowest BCUT2D eigenvalue weighted by molar-refractivity contribution is -0.130. The summed E-state index contributed by atoms with van der Waals surface area (Å²) in [7, 11) is 1.58. The van der Waals surface area contributed by atoms with Gasteiger partial charge in [-0.05, 0) is 60.6 Å². The second-order valence-corrected chi connectivity index (χ2v) is 8.08. The summed E-state index contributed by atoms with van der Waals surface area (Å²) in [6.07, 6.45) is 2.23. The lowest BCUT2D eigenvalue weighted by Crippen LogP contribution is -2.37. The molecule has 1 fully saturated rings. The van der Waals surface area contributed by atoms with Crippen LogP contribution >= 0.6 is 12.2 Å². The normalized spacial score (nSPS) is 15.7. The molecule has 2 aromatic carbocycles. The number of nitrogens with one attached hydrogen (secondary N) is 1. The third-order valence-corrected chi connectivity index (χ3v) is 5.98. The van der Waals surface area contributed by atoms with Gasteiger partial charge in [0.05, 0.1) is 26.3 Å². The molecular formula is C25H25N3O4S. The summed E-state index contributed by atoms with van der Waals surface area (Å²) in [5.41, 5.74) is 1.75. The van der Waals surface area contributed by atoms with Gasteiger partial charge in [0.25, 0.3) is 5.91 Å². The van der Waals surface area contributed by atoms with E-state index in [4.69, 9.17) is 21.4 Å². The maximum Gasteiger partial charge on any atom is 0.252 e. The molecular weight excluding hydrogens is 438 g/mol. The topological polar surface area (TPSA) is 75.0 Å². The summed E-state index contributed by atoms with van der Waals surface area (Å²) in [6.45, 7) is 0.771. The van der Waals surface area contributed by atoms with Gasteiger partial charge < -0.3 is 19.4 Å². The number of carbonyl (C=O) groups is 2. The van der Waals surface area contributed by atoms with Crippen LogP contribution < -0.4 is 10.1 Å². The van der Waals surface area contributed by atoms with Crippen LogP contribution in [-0.2, 0) is 22.6 Å². The summed E-state index contributed by atoms with van der Waals surface area (Å²) < 4.78 is 10.6. The van der Waals surface area contributed by atoms with Crippen LogP contribution in [-0.4, -0.2) is 46.4 Å². The largest absolute Gasteiger partial charge is 0.497 e. The molecule has 0 aliphatic carbocycles. The SMILES string of the molecule is COc1ccc(NC(=O)CC2C(=O)N(CCc3ccccc3)C(=S)N2Cc2ccco2)cc1. The van der Waals surface area contributed by atoms with Crippen LogP contribution in [0.2, 0.25) is 0 Å². The van der Waals surface area contributed by atoms with Gasteiger partial charge in [0.1, 0.15) is 17.6 Å². The molecule has 8 heteroatoms. The van der Waals surface area contributed by atoms with E-state index < -0.39 is 6.04 Å². The summed E-state index contributed by atoms with van der Waals surface area (Å²) in [4.78, 5) is 29.5. The molecule has 4 rings (SSSR count). The Hall–Kier alpha value is -3.65. The number of amides is 2. The van der Waals surface area contributed by atoms with E-state index in [1.54, 1.807) is 53.5 Å². The Kier molecular flexibility index (Phi) is 7.04. The second kappa shape index (κ2) is 10.3. The molecule has 1 aliphatic heterocycles. The summed E-state index contributed by atoms with van der Waals surface area (Å²) in [5.74, 6) is 0.932. The lowest BCUT2D eigenvalue weighted by Gasteiger charge is -2.22. The number of thiocarbonyl (C=S) groups is 1. The molecule has 1 unspecified atom stereocenters. The Labute approximate surface area is 197 Å². The fourth-order valence-corrected chi connectivity index (χ4v) is 4.17. The van der Waals surface area contributed by atoms with E-state index >= 15 is 0 Å². The van der Waals surface area contributed by atoms with Crippen molar-refractivity contribution in [2.45, 2.75) is 25.4 Å². The van der Waals surface area contributed by atoms with Gasteiger partial charge in [0.2, 0.25) is 5.91 Å². The van der Waals surface area contributed by atoms with Gasteiger partial charge in [-0.2, -0.15) is 0 Å². The molecule has 2 amide bonds. The number of methoxy groups -OCH3 is 1. The van der Waals surface area contributed by atoms with Crippen molar-refractivity contribution in [3.63, 3.8) is 0 Å². The number of carbonyl (C=O) groups excluding carboxylic acids is 2. The van der Waals surface area contributed by atoms with Crippen molar-refractivity contribution in [2.24, 2.45) is 0 Å². The van der Waals surface area contributed by atoms with Crippen molar-refractivity contribution in [2.75, 3.05) is 19.0 Å². The average molecular weight is 464 g/mol. The van der Waals surface area contributed by atoms with E-state index in [1.165, 1.54) is 0 Å². The minimum atomic E-state index is -0.698. The van der Waals surface area contributed by atoms with E-state index in [0.29, 0.717) is 41.8 Å². The minimum Gasteiger partial charge on any atom is -0.497 e. The third-order valence-electron chi connectivity index (χ3n) is 5.53. The van der Waals surface area contributed by atoms with E-state index in [2.05, 4.69) is 5.32 Å². The Balaban J connectivity index is 1.47. The van der Waals surface area contributed by atoms with Crippen LogP contribution in [0.15, 0.2) is 77.4 Å². The first-order valence-electron chi connectivity index (χ1n) is 10.7. The molecule has 1 aromatic heterocycles. The third kappa shape index (κ3) is 5.40. The average Bonchev–Trinajstić information content (AvgIpc) is 3.42. The monoisotopic (exact) mass is 463 g/mol. The molecule has 170 valence electrons. The van der Waals surface area contributed by atoms with Crippen molar-refractivity contribution in [3.05, 3.63) is 84.3 Å². The van der Waals surface area contributed by atoms with Crippen molar-refractivity contribution >= 4 is 34.8 Å². The molecule has 1 N–H and O–H groups in total. The van der Waals surface area contributed by atoms with Crippen molar-refractivity contribution in [1.82, 2.24) is 9.80 Å². The van der Waals surface area contributed by atoms with E-state index in [9.17, 15) is 9.59 Å². The standard InChI is InChI=1S/C25H25N3O4S/c1-31-20-11-9-19(10-12-20)26-23(29)16-22-24(30)27(14-13-18-6-3-2-4-7-18)25(33)28(22)17-21-8-5-15-32-21/h2-12,15,22H,13-14,16-17H2,1H3,(H,26,29). The zero-order valence-corrected chi connectivity index (χ0v) is 19.1. The smallest absolute Gasteiger partial charge is 0.252 e. The van der Waals surface area contributed by atoms with Gasteiger partial charge >= 0.3 is 0 Å². The van der Waals surface area contributed by atoms with Gasteiger partial charge in [0, 0.05) is 12.2 Å². The number of rotatable bonds is 9. The highest BCUT2D eigenvalue weighted by atomic mass is 32.1. The van der Waals surface area contributed by atoms with Gasteiger partial charge in [-0.15, -0.1) is 0 Å². The molecule has 2 heterocycles. The quantitative estimate of drug-likeness (QED) is 0.486. The van der Waals surface area contributed by atoms with Crippen LogP contribution in [0.25, 0.3) is 0 Å². The molecule has 0 bridgehead atoms. The fraction of sp³-hybridized carbons (Fsp3) is 0.240. The van der Waals surface area contributed by atoms with Crippen LogP contribution in [0.5, 0.6) is 5.75 Å². The first kappa shape index (κ1) is 22.5. The first-order chi connectivity index (χ1) is 16.0. The number of ether oxygens (including phenoxy) is 1. The minimum absolute atomic E-state index is 0.0203. The van der Waals surface area contributed by atoms with Crippen LogP contribution in [0.4, 0.5) is 5.69 Å². The van der Waals surface area contributed by atoms with Crippen molar-refractivity contribution in [1.29, 1.82) is 0 Å². The van der Waals surface area contributed by atoms with Crippen molar-refractivity contribution in [3.8, 4) is 5.75 Å². The zero-order valence-electron chi connectivity index (χ0n) is 18.3. The summed E-state index contributed by atoms with van der Waals surface area (Å²) in [6, 6.07) is 19.9. The maximum absolute atomic E-state index is 13.3. The summed E-state index contributed by atoms with van der Waals surface area (Å²) in [5, 5.41) is 3.26. The van der Waals surface area contributed by atoms with Crippen LogP contribution in [0, 0.1) is 0 Å². The highest BCUT2D eigenvalue weighted by molar-refractivity contribution is 7.80. The molecule has 1 saturated heterocycles. The van der Waals surface area contributed by atoms with Gasteiger partial charge in [-0.1, -0.05) is 30.3 Å². The van der Waals surface area contributed by atoms with E-state index in [-0.39, 0.29) is 18.2 Å². The maximum atomic E-state index is 13.3. The number of furan rings is 1. The van der Waals surface area contributed by atoms with Crippen LogP contribution in [0.3, 0.4) is 0 Å². The number of nitrogens with zero attached hydrogens (tertiary/aromatic N) is 2. The fourth-order valence-electron chi connectivity index (χ4n) is 3.79. The highest BCUT2D eigenvalue weighted by Gasteiger charge is 2.43. The first-order valence-corrected chi connectivity index (χ1v) is 11.1. The summed E-state index contributed by atoms with van der Waals surface area (Å²) >= 11 is 5.66. The molecule has 3 aromatic rings. The highest BCUT2D eigenvalue weighted by Crippen LogP contribution is 2.25. The lowest BCUT2D eigenvalue weighted by atomic mass is 10.1. The number of hydrogen-bond donors (Lipinski definition) is 1. The number of benzene rings is 2. The Morgan fingerprint density at radius 2 is 1.85 bits per heavy atom. The molecule has 33 heavy (non-hydrogen) atoms. The predicted molar refractivity (Wildman–Crippen MR) is 129 cm³/mol. The van der Waals surface area contributed by atoms with Gasteiger partial charge in [-0.3, -0.25) is 14.5 Å². The van der Waals surface area contributed by atoms with Gasteiger partial charge in [-0.25, -0.2) is 0 Å². The molecule has 1 aliphatic rings. The predicted octanol–water partition coefficient (Wildman–Crippen LogP) is 3.86. The molecule has 0 saturated carbocycles. The van der Waals surface area contributed by atoms with E-state index in [0.717, 1.165) is 5.56 Å². The Bertz CT molecular complexity index is 1100. The molecule has 0 spiro atoms. The number of anilines is 1. The molecule has 7 nitrogen and oxygen atoms in total. The Morgan fingerprint density at radius 3 is 2.52 bits per heavy atom. The second-order valence-electron chi connectivity index (χ2n) is 7.71. The molecule has 1 atom stereocenters. The number of hydrogen-bond acceptors (Lipinski definition) is 5. The van der Waals surface area contributed by atoms with Crippen molar-refractivity contribution < 1.29 is 18.7 Å². The van der Waals surface area contributed by atoms with Crippen LogP contribution in [0.1, 0.15) is 17.7 Å². The van der Waals surface area contributed by atoms with Gasteiger partial charge in [0.15, 0.2) is 5.11 Å². The zero-order chi connectivity index (χ0) is 23.2. The molecule has 0 radical (unpaired) electrons.